The second kappa shape index (κ2) is 7.67. The highest BCUT2D eigenvalue weighted by Gasteiger charge is 2.26. The quantitative estimate of drug-likeness (QED) is 0.470. The van der Waals surface area contributed by atoms with E-state index in [2.05, 4.69) is 15.1 Å². The van der Waals surface area contributed by atoms with Crippen LogP contribution in [0.4, 0.5) is 11.4 Å². The molecule has 1 saturated heterocycles. The molecule has 0 aliphatic carbocycles. The molecule has 0 spiro atoms. The molecule has 1 fully saturated rings. The van der Waals surface area contributed by atoms with Crippen molar-refractivity contribution in [2.45, 2.75) is 12.8 Å². The van der Waals surface area contributed by atoms with E-state index >= 15 is 0 Å². The third-order valence-corrected chi connectivity index (χ3v) is 5.47. The summed E-state index contributed by atoms with van der Waals surface area (Å²) in [7, 11) is 1.90. The fourth-order valence-corrected chi connectivity index (χ4v) is 3.92. The molecule has 1 unspecified atom stereocenters. The van der Waals surface area contributed by atoms with E-state index in [0.29, 0.717) is 17.3 Å². The number of anilines is 1. The maximum atomic E-state index is 12.7. The van der Waals surface area contributed by atoms with Crippen LogP contribution in [-0.4, -0.2) is 37.6 Å². The van der Waals surface area contributed by atoms with Gasteiger partial charge in [-0.2, -0.15) is 14.9 Å². The van der Waals surface area contributed by atoms with E-state index in [1.165, 1.54) is 29.8 Å². The minimum Gasteiger partial charge on any atom is -0.369 e. The molecule has 9 nitrogen and oxygen atoms in total. The minimum absolute atomic E-state index is 0.0544. The standard InChI is InChI=1S/C19H19ClN6O3/c1-23-11-14(9-21-23)8-13-6-7-24(12-13)17-10-22-25(19(27)18(17)20)15-2-4-16(5-3-15)26(28)29/h2-5,9-11,13H,6-8,12H2,1H3. The fourth-order valence-electron chi connectivity index (χ4n) is 3.67. The van der Waals surface area contributed by atoms with Crippen LogP contribution in [0.15, 0.2) is 47.7 Å². The van der Waals surface area contributed by atoms with Gasteiger partial charge in [-0.1, -0.05) is 11.6 Å². The Morgan fingerprint density at radius 1 is 1.24 bits per heavy atom. The number of halogens is 1. The van der Waals surface area contributed by atoms with Crippen molar-refractivity contribution in [1.29, 1.82) is 0 Å². The molecule has 1 aromatic carbocycles. The van der Waals surface area contributed by atoms with E-state index in [1.54, 1.807) is 10.9 Å². The lowest BCUT2D eigenvalue weighted by Gasteiger charge is -2.20. The SMILES string of the molecule is Cn1cc(CC2CCN(c3cnn(-c4ccc([N+](=O)[O-])cc4)c(=O)c3Cl)C2)cn1. The number of hydrogen-bond acceptors (Lipinski definition) is 6. The topological polar surface area (TPSA) is 99.1 Å². The number of nitrogens with zero attached hydrogens (tertiary/aromatic N) is 6. The monoisotopic (exact) mass is 414 g/mol. The second-order valence-electron chi connectivity index (χ2n) is 7.16. The van der Waals surface area contributed by atoms with Crippen molar-refractivity contribution >= 4 is 23.0 Å². The lowest BCUT2D eigenvalue weighted by molar-refractivity contribution is -0.384. The van der Waals surface area contributed by atoms with Crippen LogP contribution in [-0.2, 0) is 13.5 Å². The van der Waals surface area contributed by atoms with Gasteiger partial charge in [-0.05, 0) is 36.5 Å². The third-order valence-electron chi connectivity index (χ3n) is 5.11. The molecular formula is C19H19ClN6O3. The summed E-state index contributed by atoms with van der Waals surface area (Å²) in [5.41, 5.74) is 1.72. The summed E-state index contributed by atoms with van der Waals surface area (Å²) in [6.07, 6.45) is 7.40. The summed E-state index contributed by atoms with van der Waals surface area (Å²) in [6, 6.07) is 5.61. The first-order chi connectivity index (χ1) is 13.9. The predicted molar refractivity (Wildman–Crippen MR) is 109 cm³/mol. The van der Waals surface area contributed by atoms with Crippen LogP contribution in [0, 0.1) is 16.0 Å². The number of aromatic nitrogens is 4. The first-order valence-electron chi connectivity index (χ1n) is 9.17. The van der Waals surface area contributed by atoms with Crippen molar-refractivity contribution in [3.63, 3.8) is 0 Å². The smallest absolute Gasteiger partial charge is 0.292 e. The van der Waals surface area contributed by atoms with Crippen LogP contribution in [0.3, 0.4) is 0 Å². The van der Waals surface area contributed by atoms with Crippen LogP contribution in [0.1, 0.15) is 12.0 Å². The molecule has 0 radical (unpaired) electrons. The molecule has 3 heterocycles. The average Bonchev–Trinajstić information content (AvgIpc) is 3.33. The highest BCUT2D eigenvalue weighted by molar-refractivity contribution is 6.33. The van der Waals surface area contributed by atoms with Gasteiger partial charge in [0.25, 0.3) is 11.2 Å². The van der Waals surface area contributed by atoms with Crippen LogP contribution in [0.2, 0.25) is 5.02 Å². The maximum absolute atomic E-state index is 12.7. The van der Waals surface area contributed by atoms with Gasteiger partial charge >= 0.3 is 0 Å². The number of rotatable bonds is 5. The van der Waals surface area contributed by atoms with Gasteiger partial charge in [-0.3, -0.25) is 19.6 Å². The van der Waals surface area contributed by atoms with Crippen molar-refractivity contribution in [3.05, 3.63) is 73.9 Å². The number of aryl methyl sites for hydroxylation is 1. The Morgan fingerprint density at radius 2 is 2.00 bits per heavy atom. The molecule has 0 amide bonds. The Balaban J connectivity index is 1.53. The van der Waals surface area contributed by atoms with Crippen molar-refractivity contribution in [2.24, 2.45) is 13.0 Å². The third kappa shape index (κ3) is 3.86. The van der Waals surface area contributed by atoms with Crippen molar-refractivity contribution in [1.82, 2.24) is 19.6 Å². The molecule has 1 aliphatic heterocycles. The van der Waals surface area contributed by atoms with Crippen molar-refractivity contribution < 1.29 is 4.92 Å². The number of nitro groups is 1. The summed E-state index contributed by atoms with van der Waals surface area (Å²) in [5, 5.41) is 19.3. The molecule has 0 saturated carbocycles. The average molecular weight is 415 g/mol. The van der Waals surface area contributed by atoms with Crippen molar-refractivity contribution in [3.8, 4) is 5.69 Å². The van der Waals surface area contributed by atoms with Gasteiger partial charge < -0.3 is 4.90 Å². The lowest BCUT2D eigenvalue weighted by Crippen LogP contribution is -2.27. The molecule has 1 aliphatic rings. The Kier molecular flexibility index (Phi) is 5.06. The number of hydrogen-bond donors (Lipinski definition) is 0. The highest BCUT2D eigenvalue weighted by Crippen LogP contribution is 2.29. The van der Waals surface area contributed by atoms with E-state index < -0.39 is 10.5 Å². The minimum atomic E-state index is -0.495. The van der Waals surface area contributed by atoms with E-state index in [1.807, 2.05) is 19.4 Å². The summed E-state index contributed by atoms with van der Waals surface area (Å²) < 4.78 is 2.94. The highest BCUT2D eigenvalue weighted by atomic mass is 35.5. The van der Waals surface area contributed by atoms with Gasteiger partial charge in [0.15, 0.2) is 0 Å². The molecule has 0 bridgehead atoms. The number of non-ortho nitro benzene ring substituents is 1. The van der Waals surface area contributed by atoms with Crippen LogP contribution < -0.4 is 10.5 Å². The zero-order valence-corrected chi connectivity index (χ0v) is 16.5. The second-order valence-corrected chi connectivity index (χ2v) is 7.54. The van der Waals surface area contributed by atoms with Crippen LogP contribution in [0.5, 0.6) is 0 Å². The first kappa shape index (κ1) is 19.1. The van der Waals surface area contributed by atoms with E-state index in [0.717, 1.165) is 30.6 Å². The zero-order chi connectivity index (χ0) is 20.5. The number of benzene rings is 1. The Hall–Kier alpha value is -3.20. The molecule has 3 aromatic rings. The first-order valence-corrected chi connectivity index (χ1v) is 9.55. The Bertz CT molecular complexity index is 1110. The summed E-state index contributed by atoms with van der Waals surface area (Å²) in [4.78, 5) is 25.1. The maximum Gasteiger partial charge on any atom is 0.292 e. The summed E-state index contributed by atoms with van der Waals surface area (Å²) in [6.45, 7) is 1.59. The van der Waals surface area contributed by atoms with Crippen LogP contribution in [0.25, 0.3) is 5.69 Å². The molecular weight excluding hydrogens is 396 g/mol. The lowest BCUT2D eigenvalue weighted by atomic mass is 10.0. The Morgan fingerprint density at radius 3 is 2.66 bits per heavy atom. The van der Waals surface area contributed by atoms with E-state index in [4.69, 9.17) is 11.6 Å². The summed E-state index contributed by atoms with van der Waals surface area (Å²) >= 11 is 6.38. The Labute approximate surface area is 171 Å². The normalized spacial score (nSPS) is 16.3. The van der Waals surface area contributed by atoms with Gasteiger partial charge in [0.1, 0.15) is 5.02 Å². The molecule has 0 N–H and O–H groups in total. The van der Waals surface area contributed by atoms with Crippen LogP contribution >= 0.6 is 11.6 Å². The largest absolute Gasteiger partial charge is 0.369 e. The van der Waals surface area contributed by atoms with E-state index in [-0.39, 0.29) is 10.7 Å². The molecule has 1 atom stereocenters. The summed E-state index contributed by atoms with van der Waals surface area (Å²) in [5.74, 6) is 0.451. The zero-order valence-electron chi connectivity index (χ0n) is 15.7. The molecule has 10 heteroatoms. The van der Waals surface area contributed by atoms with Crippen molar-refractivity contribution in [2.75, 3.05) is 18.0 Å². The van der Waals surface area contributed by atoms with Gasteiger partial charge in [0.2, 0.25) is 0 Å². The van der Waals surface area contributed by atoms with E-state index in [9.17, 15) is 14.9 Å². The van der Waals surface area contributed by atoms with Gasteiger partial charge in [0.05, 0.1) is 28.7 Å². The van der Waals surface area contributed by atoms with Gasteiger partial charge in [-0.15, -0.1) is 0 Å². The molecule has 150 valence electrons. The number of nitro benzene ring substituents is 1. The molecule has 4 rings (SSSR count). The predicted octanol–water partition coefficient (Wildman–Crippen LogP) is 2.60. The molecule has 29 heavy (non-hydrogen) atoms. The fraction of sp³-hybridized carbons (Fsp3) is 0.316. The molecule has 2 aromatic heterocycles. The van der Waals surface area contributed by atoms with Gasteiger partial charge in [-0.25, -0.2) is 0 Å². The van der Waals surface area contributed by atoms with Gasteiger partial charge in [0, 0.05) is 38.5 Å².